The Morgan fingerprint density at radius 1 is 1.54 bits per heavy atom. The first-order chi connectivity index (χ1) is 6.14. The van der Waals surface area contributed by atoms with Crippen LogP contribution in [0.25, 0.3) is 0 Å². The van der Waals surface area contributed by atoms with E-state index < -0.39 is 0 Å². The normalized spacial score (nSPS) is 25.5. The van der Waals surface area contributed by atoms with Crippen molar-refractivity contribution in [1.82, 2.24) is 0 Å². The summed E-state index contributed by atoms with van der Waals surface area (Å²) in [6, 6.07) is 6.35. The average molecular weight is 240 g/mol. The zero-order valence-corrected chi connectivity index (χ0v) is 9.61. The first-order valence-corrected chi connectivity index (χ1v) is 5.49. The Hall–Kier alpha value is -0.500. The molecule has 1 nitrogen and oxygen atoms in total. The second-order valence-electron chi connectivity index (χ2n) is 3.98. The fraction of sp³-hybridized carbons (Fsp3) is 0.455. The van der Waals surface area contributed by atoms with Crippen molar-refractivity contribution in [3.63, 3.8) is 0 Å². The van der Waals surface area contributed by atoms with Gasteiger partial charge in [-0.2, -0.15) is 0 Å². The largest absolute Gasteiger partial charge is 0.379 e. The fourth-order valence-electron chi connectivity index (χ4n) is 1.83. The predicted octanol–water partition coefficient (Wildman–Crippen LogP) is 3.59. The highest BCUT2D eigenvalue weighted by Crippen LogP contribution is 2.37. The number of anilines is 1. The summed E-state index contributed by atoms with van der Waals surface area (Å²) in [5.74, 6) is 0. The first kappa shape index (κ1) is 9.07. The molecule has 1 N–H and O–H groups in total. The molecule has 70 valence electrons. The summed E-state index contributed by atoms with van der Waals surface area (Å²) < 4.78 is 1.23. The monoisotopic (exact) mass is 239 g/mol. The van der Waals surface area contributed by atoms with Gasteiger partial charge in [-0.05, 0) is 37.5 Å². The van der Waals surface area contributed by atoms with Crippen LogP contribution in [0.15, 0.2) is 22.7 Å². The quantitative estimate of drug-likeness (QED) is 0.791. The predicted molar refractivity (Wildman–Crippen MR) is 60.2 cm³/mol. The molecule has 0 radical (unpaired) electrons. The number of halogens is 1. The topological polar surface area (TPSA) is 12.0 Å². The van der Waals surface area contributed by atoms with E-state index in [1.54, 1.807) is 0 Å². The van der Waals surface area contributed by atoms with E-state index in [-0.39, 0.29) is 5.54 Å². The molecule has 1 aliphatic heterocycles. The van der Waals surface area contributed by atoms with Crippen LogP contribution < -0.4 is 5.32 Å². The van der Waals surface area contributed by atoms with Crippen molar-refractivity contribution < 1.29 is 0 Å². The Bertz CT molecular complexity index is 335. The van der Waals surface area contributed by atoms with Crippen molar-refractivity contribution in [2.24, 2.45) is 0 Å². The van der Waals surface area contributed by atoms with Gasteiger partial charge >= 0.3 is 0 Å². The van der Waals surface area contributed by atoms with Gasteiger partial charge in [0.1, 0.15) is 0 Å². The molecule has 13 heavy (non-hydrogen) atoms. The molecule has 1 aromatic rings. The molecule has 1 heterocycles. The second kappa shape index (κ2) is 3.02. The molecule has 1 atom stereocenters. The van der Waals surface area contributed by atoms with Crippen LogP contribution in [-0.4, -0.2) is 5.54 Å². The Labute approximate surface area is 87.7 Å². The minimum absolute atomic E-state index is 0.256. The van der Waals surface area contributed by atoms with Crippen molar-refractivity contribution in [2.45, 2.75) is 32.2 Å². The third-order valence-corrected chi connectivity index (χ3v) is 3.65. The molecule has 0 spiro atoms. The average Bonchev–Trinajstić information content (AvgIpc) is 2.45. The lowest BCUT2D eigenvalue weighted by atomic mass is 9.95. The first-order valence-electron chi connectivity index (χ1n) is 4.70. The molecule has 0 aromatic heterocycles. The van der Waals surface area contributed by atoms with E-state index in [4.69, 9.17) is 0 Å². The lowest BCUT2D eigenvalue weighted by molar-refractivity contribution is 0.515. The van der Waals surface area contributed by atoms with Crippen molar-refractivity contribution >= 4 is 21.6 Å². The zero-order valence-electron chi connectivity index (χ0n) is 8.02. The summed E-state index contributed by atoms with van der Waals surface area (Å²) in [5.41, 5.74) is 2.97. The van der Waals surface area contributed by atoms with Crippen LogP contribution in [0.5, 0.6) is 0 Å². The molecule has 0 bridgehead atoms. The molecule has 0 aliphatic carbocycles. The third-order valence-electron chi connectivity index (χ3n) is 2.90. The van der Waals surface area contributed by atoms with Gasteiger partial charge in [0.05, 0.1) is 0 Å². The maximum atomic E-state index is 3.59. The molecule has 0 saturated carbocycles. The number of hydrogen-bond acceptors (Lipinski definition) is 1. The van der Waals surface area contributed by atoms with Crippen molar-refractivity contribution in [2.75, 3.05) is 5.32 Å². The van der Waals surface area contributed by atoms with Crippen LogP contribution in [0.2, 0.25) is 0 Å². The molecule has 1 aliphatic rings. The van der Waals surface area contributed by atoms with Gasteiger partial charge in [-0.15, -0.1) is 0 Å². The fourth-order valence-corrected chi connectivity index (χ4v) is 2.33. The summed E-state index contributed by atoms with van der Waals surface area (Å²) in [7, 11) is 0. The molecule has 2 rings (SSSR count). The highest BCUT2D eigenvalue weighted by Gasteiger charge is 2.31. The van der Waals surface area contributed by atoms with Gasteiger partial charge in [0.2, 0.25) is 0 Å². The Morgan fingerprint density at radius 3 is 2.92 bits per heavy atom. The molecular weight excluding hydrogens is 226 g/mol. The smallest absolute Gasteiger partial charge is 0.0389 e. The maximum Gasteiger partial charge on any atom is 0.0389 e. The van der Waals surface area contributed by atoms with Gasteiger partial charge in [0.25, 0.3) is 0 Å². The standard InChI is InChI=1S/C11H14BrN/c1-3-11(2)7-8-9(12)5-4-6-10(8)13-11/h4-6,13H,3,7H2,1-2H3. The minimum atomic E-state index is 0.256. The number of benzene rings is 1. The van der Waals surface area contributed by atoms with E-state index in [1.807, 2.05) is 0 Å². The van der Waals surface area contributed by atoms with Gasteiger partial charge in [-0.3, -0.25) is 0 Å². The summed E-state index contributed by atoms with van der Waals surface area (Å²) in [6.07, 6.45) is 2.29. The van der Waals surface area contributed by atoms with E-state index >= 15 is 0 Å². The maximum absolute atomic E-state index is 3.59. The Morgan fingerprint density at radius 2 is 2.31 bits per heavy atom. The molecule has 2 heteroatoms. The number of rotatable bonds is 1. The summed E-state index contributed by atoms with van der Waals surface area (Å²) in [6.45, 7) is 4.51. The van der Waals surface area contributed by atoms with Crippen LogP contribution in [-0.2, 0) is 6.42 Å². The molecule has 0 fully saturated rings. The third kappa shape index (κ3) is 1.48. The Kier molecular flexibility index (Phi) is 2.11. The van der Waals surface area contributed by atoms with E-state index in [2.05, 4.69) is 53.3 Å². The summed E-state index contributed by atoms with van der Waals surface area (Å²) in [5, 5.41) is 3.57. The number of fused-ring (bicyclic) bond motifs is 1. The SMILES string of the molecule is CCC1(C)Cc2c(Br)cccc2N1. The van der Waals surface area contributed by atoms with Gasteiger partial charge in [-0.25, -0.2) is 0 Å². The number of hydrogen-bond donors (Lipinski definition) is 1. The van der Waals surface area contributed by atoms with Crippen molar-refractivity contribution in [3.05, 3.63) is 28.2 Å². The zero-order chi connectivity index (χ0) is 9.47. The lowest BCUT2D eigenvalue weighted by Gasteiger charge is -2.22. The number of nitrogens with one attached hydrogen (secondary N) is 1. The van der Waals surface area contributed by atoms with Crippen LogP contribution in [0.3, 0.4) is 0 Å². The van der Waals surface area contributed by atoms with E-state index in [1.165, 1.54) is 15.7 Å². The second-order valence-corrected chi connectivity index (χ2v) is 4.84. The summed E-state index contributed by atoms with van der Waals surface area (Å²) >= 11 is 3.59. The lowest BCUT2D eigenvalue weighted by Crippen LogP contribution is -2.30. The highest BCUT2D eigenvalue weighted by atomic mass is 79.9. The van der Waals surface area contributed by atoms with E-state index in [9.17, 15) is 0 Å². The van der Waals surface area contributed by atoms with Crippen LogP contribution in [0.1, 0.15) is 25.8 Å². The van der Waals surface area contributed by atoms with Gasteiger partial charge in [0, 0.05) is 15.7 Å². The van der Waals surface area contributed by atoms with E-state index in [0.717, 1.165) is 12.8 Å². The Balaban J connectivity index is 2.40. The van der Waals surface area contributed by atoms with E-state index in [0.29, 0.717) is 0 Å². The van der Waals surface area contributed by atoms with Gasteiger partial charge in [-0.1, -0.05) is 28.9 Å². The molecule has 0 saturated heterocycles. The van der Waals surface area contributed by atoms with Crippen molar-refractivity contribution in [3.8, 4) is 0 Å². The molecular formula is C11H14BrN. The van der Waals surface area contributed by atoms with Crippen LogP contribution in [0, 0.1) is 0 Å². The van der Waals surface area contributed by atoms with Gasteiger partial charge < -0.3 is 5.32 Å². The van der Waals surface area contributed by atoms with Crippen molar-refractivity contribution in [1.29, 1.82) is 0 Å². The minimum Gasteiger partial charge on any atom is -0.379 e. The molecule has 0 amide bonds. The molecule has 1 unspecified atom stereocenters. The van der Waals surface area contributed by atoms with Crippen LogP contribution >= 0.6 is 15.9 Å². The van der Waals surface area contributed by atoms with Gasteiger partial charge in [0.15, 0.2) is 0 Å². The van der Waals surface area contributed by atoms with Crippen LogP contribution in [0.4, 0.5) is 5.69 Å². The summed E-state index contributed by atoms with van der Waals surface area (Å²) in [4.78, 5) is 0. The molecule has 1 aromatic carbocycles. The highest BCUT2D eigenvalue weighted by molar-refractivity contribution is 9.10.